The van der Waals surface area contributed by atoms with Crippen molar-refractivity contribution >= 4 is 29.3 Å². The maximum absolute atomic E-state index is 6.64. The lowest BCUT2D eigenvalue weighted by Crippen LogP contribution is -2.47. The van der Waals surface area contributed by atoms with E-state index in [-0.39, 0.29) is 6.10 Å². The highest BCUT2D eigenvalue weighted by Crippen LogP contribution is 2.40. The monoisotopic (exact) mass is 589 g/mol. The van der Waals surface area contributed by atoms with Crippen LogP contribution in [0.15, 0.2) is 91.5 Å². The van der Waals surface area contributed by atoms with Crippen molar-refractivity contribution in [2.24, 2.45) is 0 Å². The van der Waals surface area contributed by atoms with Gasteiger partial charge >= 0.3 is 0 Å². The highest BCUT2D eigenvalue weighted by atomic mass is 35.5. The van der Waals surface area contributed by atoms with Gasteiger partial charge in [0.2, 0.25) is 5.79 Å². The maximum atomic E-state index is 6.64. The average molecular weight is 591 g/mol. The highest BCUT2D eigenvalue weighted by molar-refractivity contribution is 6.35. The predicted octanol–water partition coefficient (Wildman–Crippen LogP) is 7.00. The van der Waals surface area contributed by atoms with Crippen LogP contribution in [0.3, 0.4) is 0 Å². The number of benzene rings is 3. The van der Waals surface area contributed by atoms with E-state index in [4.69, 9.17) is 37.4 Å². The second-order valence-corrected chi connectivity index (χ2v) is 11.4. The van der Waals surface area contributed by atoms with Crippen molar-refractivity contribution in [3.05, 3.63) is 124 Å². The third-order valence-corrected chi connectivity index (χ3v) is 8.15. The minimum atomic E-state index is -1.08. The van der Waals surface area contributed by atoms with E-state index in [2.05, 4.69) is 64.5 Å². The summed E-state index contributed by atoms with van der Waals surface area (Å²) in [7, 11) is 0. The number of rotatable bonds is 9. The third kappa shape index (κ3) is 6.85. The molecule has 3 aromatic carbocycles. The molecular weight excluding hydrogens is 557 g/mol. The minimum absolute atomic E-state index is 0.179. The van der Waals surface area contributed by atoms with Gasteiger partial charge in [-0.05, 0) is 47.4 Å². The quantitative estimate of drug-likeness (QED) is 0.210. The van der Waals surface area contributed by atoms with Crippen molar-refractivity contribution in [1.82, 2.24) is 14.5 Å². The first kappa shape index (κ1) is 28.0. The molecule has 0 radical (unpaired) electrons. The summed E-state index contributed by atoms with van der Waals surface area (Å²) in [6, 6.07) is 22.3. The molecule has 2 atom stereocenters. The first-order chi connectivity index (χ1) is 20.1. The summed E-state index contributed by atoms with van der Waals surface area (Å²) in [6.45, 7) is 4.23. The summed E-state index contributed by atoms with van der Waals surface area (Å²) in [5.74, 6) is -0.218. The Bertz CT molecular complexity index is 1480. The lowest BCUT2D eigenvalue weighted by Gasteiger charge is -2.41. The van der Waals surface area contributed by atoms with Crippen LogP contribution in [-0.4, -0.2) is 46.9 Å². The first-order valence-corrected chi connectivity index (χ1v) is 14.7. The molecule has 0 aliphatic carbocycles. The van der Waals surface area contributed by atoms with E-state index >= 15 is 0 Å². The molecule has 6 nitrogen and oxygen atoms in total. The van der Waals surface area contributed by atoms with Crippen molar-refractivity contribution in [3.8, 4) is 5.75 Å². The molecule has 0 spiro atoms. The molecule has 4 aromatic rings. The molecular formula is C33H33Cl2N3O3. The van der Waals surface area contributed by atoms with Crippen molar-refractivity contribution in [1.29, 1.82) is 0 Å². The molecule has 8 heteroatoms. The summed E-state index contributed by atoms with van der Waals surface area (Å²) in [5.41, 5.74) is 4.67. The van der Waals surface area contributed by atoms with Gasteiger partial charge in [0.1, 0.15) is 12.4 Å². The van der Waals surface area contributed by atoms with E-state index in [1.165, 1.54) is 16.7 Å². The smallest absolute Gasteiger partial charge is 0.215 e. The normalized spacial score (nSPS) is 21.2. The topological polar surface area (TPSA) is 48.8 Å². The van der Waals surface area contributed by atoms with Gasteiger partial charge in [-0.3, -0.25) is 4.90 Å². The number of hydrogen-bond acceptors (Lipinski definition) is 5. The summed E-state index contributed by atoms with van der Waals surface area (Å²) in [6.07, 6.45) is 11.3. The van der Waals surface area contributed by atoms with Gasteiger partial charge in [-0.25, -0.2) is 4.98 Å². The standard InChI is InChI=1S/C33H33Cl2N3O3/c34-28-9-11-31(32(35)20-28)33(23-38-17-14-36-24-38)40-18-13-30(41-33)22-39-29-10-8-27-21-37(16-12-26(27)19-29)15-4-7-25-5-2-1-3-6-25/h1-11,14,17,19-20,24,30H,12-13,15-16,18,21-23H2/b7-4+/t30-,33+/m0/s1. The highest BCUT2D eigenvalue weighted by Gasteiger charge is 2.42. The number of fused-ring (bicyclic) bond motifs is 1. The molecule has 0 N–H and O–H groups in total. The molecule has 212 valence electrons. The number of aromatic nitrogens is 2. The van der Waals surface area contributed by atoms with Gasteiger partial charge in [0, 0.05) is 49.0 Å². The lowest BCUT2D eigenvalue weighted by molar-refractivity contribution is -0.312. The first-order valence-electron chi connectivity index (χ1n) is 14.0. The maximum Gasteiger partial charge on any atom is 0.215 e. The summed E-state index contributed by atoms with van der Waals surface area (Å²) in [4.78, 5) is 6.65. The molecule has 1 aromatic heterocycles. The van der Waals surface area contributed by atoms with Crippen molar-refractivity contribution < 1.29 is 14.2 Å². The Labute approximate surface area is 251 Å². The summed E-state index contributed by atoms with van der Waals surface area (Å²) >= 11 is 12.8. The average Bonchev–Trinajstić information content (AvgIpc) is 3.49. The number of imidazole rings is 1. The van der Waals surface area contributed by atoms with Crippen LogP contribution in [0.5, 0.6) is 5.75 Å². The van der Waals surface area contributed by atoms with Gasteiger partial charge in [0.05, 0.1) is 30.6 Å². The van der Waals surface area contributed by atoms with Crippen LogP contribution in [0.2, 0.25) is 10.0 Å². The molecule has 0 amide bonds. The molecule has 0 bridgehead atoms. The Hall–Kier alpha value is -3.13. The van der Waals surface area contributed by atoms with Crippen LogP contribution in [0, 0.1) is 0 Å². The largest absolute Gasteiger partial charge is 0.491 e. The Morgan fingerprint density at radius 3 is 2.78 bits per heavy atom. The van der Waals surface area contributed by atoms with Gasteiger partial charge < -0.3 is 18.8 Å². The fraction of sp³-hybridized carbons (Fsp3) is 0.303. The zero-order valence-corrected chi connectivity index (χ0v) is 24.3. The molecule has 41 heavy (non-hydrogen) atoms. The van der Waals surface area contributed by atoms with E-state index in [9.17, 15) is 0 Å². The fourth-order valence-electron chi connectivity index (χ4n) is 5.49. The minimum Gasteiger partial charge on any atom is -0.491 e. The van der Waals surface area contributed by atoms with Crippen LogP contribution in [0.4, 0.5) is 0 Å². The van der Waals surface area contributed by atoms with Gasteiger partial charge in [-0.1, -0.05) is 77.8 Å². The van der Waals surface area contributed by atoms with Crippen molar-refractivity contribution in [2.45, 2.75) is 37.8 Å². The Kier molecular flexibility index (Phi) is 8.75. The van der Waals surface area contributed by atoms with Crippen LogP contribution < -0.4 is 4.74 Å². The zero-order valence-electron chi connectivity index (χ0n) is 22.8. The number of hydrogen-bond donors (Lipinski definition) is 0. The third-order valence-electron chi connectivity index (χ3n) is 7.60. The van der Waals surface area contributed by atoms with Crippen LogP contribution >= 0.6 is 23.2 Å². The molecule has 0 saturated carbocycles. The van der Waals surface area contributed by atoms with Crippen molar-refractivity contribution in [3.63, 3.8) is 0 Å². The Morgan fingerprint density at radius 1 is 1.05 bits per heavy atom. The lowest BCUT2D eigenvalue weighted by atomic mass is 9.99. The summed E-state index contributed by atoms with van der Waals surface area (Å²) < 4.78 is 21.2. The molecule has 3 heterocycles. The molecule has 6 rings (SSSR count). The molecule has 2 aliphatic heterocycles. The number of ether oxygens (including phenoxy) is 3. The van der Waals surface area contributed by atoms with Gasteiger partial charge in [0.25, 0.3) is 0 Å². The molecule has 0 unspecified atom stereocenters. The fourth-order valence-corrected chi connectivity index (χ4v) is 6.04. The van der Waals surface area contributed by atoms with Gasteiger partial charge in [-0.2, -0.15) is 0 Å². The molecule has 1 fully saturated rings. The van der Waals surface area contributed by atoms with E-state index in [1.807, 2.05) is 22.9 Å². The Morgan fingerprint density at radius 2 is 1.95 bits per heavy atom. The van der Waals surface area contributed by atoms with E-state index in [0.29, 0.717) is 36.2 Å². The predicted molar refractivity (Wildman–Crippen MR) is 162 cm³/mol. The summed E-state index contributed by atoms with van der Waals surface area (Å²) in [5, 5.41) is 1.06. The molecule has 1 saturated heterocycles. The molecule has 2 aliphatic rings. The number of nitrogens with zero attached hydrogens (tertiary/aromatic N) is 3. The van der Waals surface area contributed by atoms with Gasteiger partial charge in [0.15, 0.2) is 0 Å². The van der Waals surface area contributed by atoms with E-state index in [0.717, 1.165) is 37.4 Å². The van der Waals surface area contributed by atoms with E-state index < -0.39 is 5.79 Å². The zero-order chi connectivity index (χ0) is 28.1. The van der Waals surface area contributed by atoms with Gasteiger partial charge in [-0.15, -0.1) is 0 Å². The van der Waals surface area contributed by atoms with Crippen LogP contribution in [0.1, 0.15) is 28.7 Å². The van der Waals surface area contributed by atoms with Crippen LogP contribution in [-0.2, 0) is 34.8 Å². The SMILES string of the molecule is Clc1ccc([C@]2(Cn3ccnc3)OCC[C@@H](COc3ccc4c(c3)CCN(C/C=C/c3ccccc3)C4)O2)c(Cl)c1. The second kappa shape index (κ2) is 12.8. The van der Waals surface area contributed by atoms with Crippen LogP contribution in [0.25, 0.3) is 6.08 Å². The second-order valence-electron chi connectivity index (χ2n) is 10.5. The van der Waals surface area contributed by atoms with E-state index in [1.54, 1.807) is 24.7 Å². The number of halogens is 2. The Balaban J connectivity index is 1.09. The van der Waals surface area contributed by atoms with Crippen molar-refractivity contribution in [2.75, 3.05) is 26.3 Å².